The summed E-state index contributed by atoms with van der Waals surface area (Å²) in [6.07, 6.45) is -0.893. The van der Waals surface area contributed by atoms with Crippen molar-refractivity contribution >= 4 is 11.9 Å². The molecule has 1 aromatic rings. The van der Waals surface area contributed by atoms with Crippen LogP contribution in [0.4, 0.5) is 0 Å². The van der Waals surface area contributed by atoms with E-state index in [4.69, 9.17) is 18.9 Å². The maximum absolute atomic E-state index is 12.3. The number of methoxy groups -OCH3 is 1. The second kappa shape index (κ2) is 7.90. The third-order valence-electron chi connectivity index (χ3n) is 3.40. The van der Waals surface area contributed by atoms with Crippen molar-refractivity contribution in [1.82, 2.24) is 5.32 Å². The molecule has 0 fully saturated rings. The Morgan fingerprint density at radius 3 is 2.58 bits per heavy atom. The van der Waals surface area contributed by atoms with Gasteiger partial charge in [-0.05, 0) is 25.0 Å². The lowest BCUT2D eigenvalue weighted by Gasteiger charge is -2.21. The first-order valence-electron chi connectivity index (χ1n) is 7.88. The first kappa shape index (κ1) is 17.9. The Kier molecular flexibility index (Phi) is 5.89. The number of hydrogen-bond acceptors (Lipinski definition) is 6. The summed E-state index contributed by atoms with van der Waals surface area (Å²) >= 11 is 0. The van der Waals surface area contributed by atoms with Crippen LogP contribution < -0.4 is 19.5 Å². The van der Waals surface area contributed by atoms with Crippen molar-refractivity contribution < 1.29 is 28.5 Å². The maximum Gasteiger partial charge on any atom is 0.339 e. The fourth-order valence-corrected chi connectivity index (χ4v) is 2.12. The molecule has 1 atom stereocenters. The average Bonchev–Trinajstić information content (AvgIpc) is 2.58. The van der Waals surface area contributed by atoms with Crippen LogP contribution in [0.25, 0.3) is 0 Å². The van der Waals surface area contributed by atoms with Gasteiger partial charge in [0.05, 0.1) is 12.7 Å². The second-order valence-electron chi connectivity index (χ2n) is 5.89. The highest BCUT2D eigenvalue weighted by Crippen LogP contribution is 2.40. The van der Waals surface area contributed by atoms with E-state index >= 15 is 0 Å². The minimum Gasteiger partial charge on any atom is -0.493 e. The zero-order valence-electron chi connectivity index (χ0n) is 14.4. The SMILES string of the molecule is COc1cc(C(=O)O[C@H](C)C(=O)NCC(C)C)cc2c1OCCO2. The predicted octanol–water partition coefficient (Wildman–Crippen LogP) is 1.78. The first-order chi connectivity index (χ1) is 11.4. The third kappa shape index (κ3) is 4.31. The van der Waals surface area contributed by atoms with Crippen LogP contribution in [-0.2, 0) is 9.53 Å². The van der Waals surface area contributed by atoms with Gasteiger partial charge in [0.25, 0.3) is 5.91 Å². The van der Waals surface area contributed by atoms with Gasteiger partial charge < -0.3 is 24.3 Å². The summed E-state index contributed by atoms with van der Waals surface area (Å²) in [4.78, 5) is 24.2. The second-order valence-corrected chi connectivity index (χ2v) is 5.89. The van der Waals surface area contributed by atoms with Gasteiger partial charge in [-0.15, -0.1) is 0 Å². The molecule has 1 heterocycles. The van der Waals surface area contributed by atoms with Gasteiger partial charge in [-0.3, -0.25) is 4.79 Å². The summed E-state index contributed by atoms with van der Waals surface area (Å²) in [6, 6.07) is 3.03. The molecule has 0 saturated carbocycles. The first-order valence-corrected chi connectivity index (χ1v) is 7.88. The topological polar surface area (TPSA) is 83.1 Å². The molecule has 0 unspecified atom stereocenters. The highest BCUT2D eigenvalue weighted by atomic mass is 16.6. The molecule has 1 amide bonds. The van der Waals surface area contributed by atoms with Crippen LogP contribution in [0.15, 0.2) is 12.1 Å². The number of carbonyl (C=O) groups is 2. The Morgan fingerprint density at radius 1 is 1.21 bits per heavy atom. The molecule has 1 aliphatic rings. The zero-order chi connectivity index (χ0) is 17.7. The smallest absolute Gasteiger partial charge is 0.339 e. The average molecular weight is 337 g/mol. The van der Waals surface area contributed by atoms with Crippen LogP contribution >= 0.6 is 0 Å². The number of carbonyl (C=O) groups excluding carboxylic acids is 2. The number of amides is 1. The summed E-state index contributed by atoms with van der Waals surface area (Å²) in [5, 5.41) is 2.73. The number of rotatable bonds is 6. The van der Waals surface area contributed by atoms with Crippen LogP contribution in [0.5, 0.6) is 17.2 Å². The third-order valence-corrected chi connectivity index (χ3v) is 3.40. The zero-order valence-corrected chi connectivity index (χ0v) is 14.4. The lowest BCUT2D eigenvalue weighted by atomic mass is 10.1. The van der Waals surface area contributed by atoms with E-state index in [1.165, 1.54) is 26.2 Å². The number of hydrogen-bond donors (Lipinski definition) is 1. The fraction of sp³-hybridized carbons (Fsp3) is 0.529. The fourth-order valence-electron chi connectivity index (χ4n) is 2.12. The lowest BCUT2D eigenvalue weighted by Crippen LogP contribution is -2.37. The molecule has 0 saturated heterocycles. The van der Waals surface area contributed by atoms with E-state index in [0.29, 0.717) is 42.9 Å². The largest absolute Gasteiger partial charge is 0.493 e. The van der Waals surface area contributed by atoms with E-state index in [9.17, 15) is 9.59 Å². The number of ether oxygens (including phenoxy) is 4. The Balaban J connectivity index is 2.08. The standard InChI is InChI=1S/C17H23NO6/c1-10(2)9-18-16(19)11(3)24-17(20)12-7-13(21-4)15-14(8-12)22-5-6-23-15/h7-8,10-11H,5-6,9H2,1-4H3,(H,18,19)/t11-/m1/s1. The van der Waals surface area contributed by atoms with E-state index in [1.807, 2.05) is 13.8 Å². The molecule has 1 N–H and O–H groups in total. The Bertz CT molecular complexity index is 596. The minimum atomic E-state index is -0.893. The van der Waals surface area contributed by atoms with Crippen LogP contribution in [-0.4, -0.2) is 44.8 Å². The van der Waals surface area contributed by atoms with Crippen LogP contribution in [0, 0.1) is 5.92 Å². The monoisotopic (exact) mass is 337 g/mol. The van der Waals surface area contributed by atoms with Gasteiger partial charge in [-0.2, -0.15) is 0 Å². The molecule has 0 aliphatic carbocycles. The minimum absolute atomic E-state index is 0.236. The molecule has 7 heteroatoms. The number of nitrogens with one attached hydrogen (secondary N) is 1. The summed E-state index contributed by atoms with van der Waals surface area (Å²) < 4.78 is 21.4. The van der Waals surface area contributed by atoms with Gasteiger partial charge in [0, 0.05) is 6.54 Å². The van der Waals surface area contributed by atoms with Gasteiger partial charge in [-0.25, -0.2) is 4.79 Å². The summed E-state index contributed by atoms with van der Waals surface area (Å²) in [5.74, 6) is 0.626. The van der Waals surface area contributed by atoms with E-state index in [1.54, 1.807) is 0 Å². The van der Waals surface area contributed by atoms with Gasteiger partial charge in [-0.1, -0.05) is 13.8 Å². The Labute approximate surface area is 141 Å². The van der Waals surface area contributed by atoms with Gasteiger partial charge in [0.2, 0.25) is 5.75 Å². The number of benzene rings is 1. The highest BCUT2D eigenvalue weighted by Gasteiger charge is 2.24. The number of fused-ring (bicyclic) bond motifs is 1. The molecule has 0 bridgehead atoms. The molecular formula is C17H23NO6. The molecule has 0 aromatic heterocycles. The van der Waals surface area contributed by atoms with Gasteiger partial charge >= 0.3 is 5.97 Å². The molecule has 0 radical (unpaired) electrons. The lowest BCUT2D eigenvalue weighted by molar-refractivity contribution is -0.129. The molecular weight excluding hydrogens is 314 g/mol. The van der Waals surface area contributed by atoms with Gasteiger partial charge in [0.15, 0.2) is 17.6 Å². The van der Waals surface area contributed by atoms with Crippen molar-refractivity contribution in [3.05, 3.63) is 17.7 Å². The summed E-state index contributed by atoms with van der Waals surface area (Å²) in [6.45, 7) is 6.83. The van der Waals surface area contributed by atoms with Crippen LogP contribution in [0.3, 0.4) is 0 Å². The van der Waals surface area contributed by atoms with Crippen molar-refractivity contribution in [2.45, 2.75) is 26.9 Å². The molecule has 1 aromatic carbocycles. The Morgan fingerprint density at radius 2 is 1.92 bits per heavy atom. The molecule has 0 spiro atoms. The molecule has 7 nitrogen and oxygen atoms in total. The van der Waals surface area contributed by atoms with Gasteiger partial charge in [0.1, 0.15) is 13.2 Å². The maximum atomic E-state index is 12.3. The van der Waals surface area contributed by atoms with Crippen molar-refractivity contribution in [1.29, 1.82) is 0 Å². The molecule has 24 heavy (non-hydrogen) atoms. The highest BCUT2D eigenvalue weighted by molar-refractivity contribution is 5.93. The van der Waals surface area contributed by atoms with E-state index in [2.05, 4.69) is 5.32 Å². The quantitative estimate of drug-likeness (QED) is 0.797. The van der Waals surface area contributed by atoms with E-state index < -0.39 is 12.1 Å². The van der Waals surface area contributed by atoms with Crippen molar-refractivity contribution in [3.63, 3.8) is 0 Å². The van der Waals surface area contributed by atoms with Crippen molar-refractivity contribution in [2.75, 3.05) is 26.9 Å². The molecule has 132 valence electrons. The summed E-state index contributed by atoms with van der Waals surface area (Å²) in [5.41, 5.74) is 0.236. The molecule has 1 aliphatic heterocycles. The van der Waals surface area contributed by atoms with Crippen LogP contribution in [0.1, 0.15) is 31.1 Å². The predicted molar refractivity (Wildman–Crippen MR) is 86.7 cm³/mol. The van der Waals surface area contributed by atoms with Crippen molar-refractivity contribution in [3.8, 4) is 17.2 Å². The normalized spacial score (nSPS) is 14.0. The summed E-state index contributed by atoms with van der Waals surface area (Å²) in [7, 11) is 1.48. The number of esters is 1. The molecule has 2 rings (SSSR count). The Hall–Kier alpha value is -2.44. The van der Waals surface area contributed by atoms with E-state index in [0.717, 1.165) is 0 Å². The van der Waals surface area contributed by atoms with E-state index in [-0.39, 0.29) is 11.5 Å². The van der Waals surface area contributed by atoms with Crippen LogP contribution in [0.2, 0.25) is 0 Å². The van der Waals surface area contributed by atoms with Crippen molar-refractivity contribution in [2.24, 2.45) is 5.92 Å².